The number of pyridine rings is 3. The third kappa shape index (κ3) is 4.03. The van der Waals surface area contributed by atoms with Crippen LogP contribution in [0.15, 0.2) is 55.4 Å². The molecule has 4 aromatic rings. The highest BCUT2D eigenvalue weighted by molar-refractivity contribution is 5.98. The summed E-state index contributed by atoms with van der Waals surface area (Å²) >= 11 is 0. The lowest BCUT2D eigenvalue weighted by molar-refractivity contribution is 0.0992. The molecule has 0 unspecified atom stereocenters. The van der Waals surface area contributed by atoms with Crippen molar-refractivity contribution >= 4 is 22.5 Å². The Bertz CT molecular complexity index is 1240. The second-order valence-corrected chi connectivity index (χ2v) is 8.03. The summed E-state index contributed by atoms with van der Waals surface area (Å²) in [5.74, 6) is 0.935. The zero-order chi connectivity index (χ0) is 21.2. The van der Waals surface area contributed by atoms with Gasteiger partial charge in [0.1, 0.15) is 5.82 Å². The van der Waals surface area contributed by atoms with Crippen molar-refractivity contribution in [1.29, 1.82) is 0 Å². The molecule has 1 fully saturated rings. The smallest absolute Gasteiger partial charge is 0.169 e. The maximum atomic E-state index is 13.0. The van der Waals surface area contributed by atoms with E-state index in [4.69, 9.17) is 0 Å². The Morgan fingerprint density at radius 2 is 1.87 bits per heavy atom. The van der Waals surface area contributed by atoms with E-state index in [1.807, 2.05) is 36.1 Å². The summed E-state index contributed by atoms with van der Waals surface area (Å²) in [7, 11) is 1.95. The van der Waals surface area contributed by atoms with E-state index in [-0.39, 0.29) is 12.2 Å². The van der Waals surface area contributed by atoms with Gasteiger partial charge < -0.3 is 9.47 Å². The molecule has 0 spiro atoms. The molecule has 1 aliphatic rings. The molecule has 0 amide bonds. The van der Waals surface area contributed by atoms with E-state index in [1.165, 1.54) is 19.3 Å². The fraction of sp³-hybridized carbons (Fsp3) is 0.292. The topological polar surface area (TPSA) is 76.8 Å². The summed E-state index contributed by atoms with van der Waals surface area (Å²) in [5.41, 5.74) is 4.19. The summed E-state index contributed by atoms with van der Waals surface area (Å²) in [5, 5.41) is 0.959. The number of rotatable bonds is 5. The van der Waals surface area contributed by atoms with Crippen LogP contribution in [0.3, 0.4) is 0 Å². The fourth-order valence-corrected chi connectivity index (χ4v) is 4.10. The van der Waals surface area contributed by atoms with Gasteiger partial charge in [-0.3, -0.25) is 14.8 Å². The number of fused-ring (bicyclic) bond motifs is 1. The first kappa shape index (κ1) is 19.4. The predicted molar refractivity (Wildman–Crippen MR) is 120 cm³/mol. The molecule has 0 atom stereocenters. The van der Waals surface area contributed by atoms with E-state index in [0.717, 1.165) is 46.8 Å². The minimum absolute atomic E-state index is 0.0447. The van der Waals surface area contributed by atoms with Crippen molar-refractivity contribution in [2.24, 2.45) is 7.05 Å². The lowest BCUT2D eigenvalue weighted by Crippen LogP contribution is -2.30. The van der Waals surface area contributed by atoms with Gasteiger partial charge in [0.25, 0.3) is 0 Å². The first-order chi connectivity index (χ1) is 15.2. The minimum atomic E-state index is 0.0447. The molecule has 156 valence electrons. The fourth-order valence-electron chi connectivity index (χ4n) is 4.10. The van der Waals surface area contributed by atoms with Gasteiger partial charge in [-0.2, -0.15) is 0 Å². The van der Waals surface area contributed by atoms with Crippen LogP contribution in [0.1, 0.15) is 35.3 Å². The molecule has 1 saturated heterocycles. The van der Waals surface area contributed by atoms with Gasteiger partial charge in [0, 0.05) is 54.7 Å². The first-order valence-electron chi connectivity index (χ1n) is 10.6. The molecule has 7 nitrogen and oxygen atoms in total. The predicted octanol–water partition coefficient (Wildman–Crippen LogP) is 3.84. The van der Waals surface area contributed by atoms with Gasteiger partial charge in [0.05, 0.1) is 36.4 Å². The van der Waals surface area contributed by atoms with Gasteiger partial charge in [0.2, 0.25) is 0 Å². The zero-order valence-corrected chi connectivity index (χ0v) is 17.5. The molecule has 5 rings (SSSR count). The Labute approximate surface area is 180 Å². The van der Waals surface area contributed by atoms with Gasteiger partial charge in [-0.15, -0.1) is 0 Å². The molecule has 0 bridgehead atoms. The van der Waals surface area contributed by atoms with Gasteiger partial charge >= 0.3 is 0 Å². The van der Waals surface area contributed by atoms with Crippen LogP contribution in [-0.4, -0.2) is 43.4 Å². The number of aryl methyl sites for hydroxylation is 1. The van der Waals surface area contributed by atoms with Crippen molar-refractivity contribution in [3.05, 3.63) is 66.6 Å². The Hall–Kier alpha value is -3.61. The standard InChI is InChI=1S/C24H24N6O/c1-29-16-25-15-22(29)19-9-18-10-20(27-14-21(18)28-13-19)12-23(31)17-5-6-26-24(11-17)30-7-3-2-4-8-30/h5-6,9-11,13-16H,2-4,7-8,12H2,1H3. The quantitative estimate of drug-likeness (QED) is 0.464. The van der Waals surface area contributed by atoms with Gasteiger partial charge in [0.15, 0.2) is 5.78 Å². The number of hydrogen-bond acceptors (Lipinski definition) is 6. The Morgan fingerprint density at radius 1 is 1.00 bits per heavy atom. The second kappa shape index (κ2) is 8.26. The van der Waals surface area contributed by atoms with E-state index >= 15 is 0 Å². The molecule has 0 radical (unpaired) electrons. The van der Waals surface area contributed by atoms with Crippen LogP contribution >= 0.6 is 0 Å². The largest absolute Gasteiger partial charge is 0.357 e. The molecule has 0 saturated carbocycles. The number of anilines is 1. The summed E-state index contributed by atoms with van der Waals surface area (Å²) in [6.45, 7) is 2.01. The monoisotopic (exact) mass is 412 g/mol. The lowest BCUT2D eigenvalue weighted by Gasteiger charge is -2.27. The summed E-state index contributed by atoms with van der Waals surface area (Å²) < 4.78 is 1.96. The first-order valence-corrected chi connectivity index (χ1v) is 10.6. The molecule has 0 aliphatic carbocycles. The van der Waals surface area contributed by atoms with Crippen molar-refractivity contribution in [2.75, 3.05) is 18.0 Å². The normalized spacial score (nSPS) is 14.2. The van der Waals surface area contributed by atoms with E-state index in [1.54, 1.807) is 24.8 Å². The van der Waals surface area contributed by atoms with Crippen LogP contribution < -0.4 is 4.90 Å². The van der Waals surface area contributed by atoms with Crippen molar-refractivity contribution < 1.29 is 4.79 Å². The Morgan fingerprint density at radius 3 is 2.68 bits per heavy atom. The highest BCUT2D eigenvalue weighted by Gasteiger charge is 2.15. The number of carbonyl (C=O) groups is 1. The van der Waals surface area contributed by atoms with Crippen LogP contribution in [0.4, 0.5) is 5.82 Å². The number of hydrogen-bond donors (Lipinski definition) is 0. The van der Waals surface area contributed by atoms with Crippen LogP contribution in [0.5, 0.6) is 0 Å². The average molecular weight is 412 g/mol. The van der Waals surface area contributed by atoms with E-state index < -0.39 is 0 Å². The number of ketones is 1. The third-order valence-electron chi connectivity index (χ3n) is 5.83. The maximum absolute atomic E-state index is 13.0. The van der Waals surface area contributed by atoms with Crippen molar-refractivity contribution in [3.8, 4) is 11.3 Å². The maximum Gasteiger partial charge on any atom is 0.169 e. The van der Waals surface area contributed by atoms with Gasteiger partial charge in [-0.25, -0.2) is 9.97 Å². The number of carbonyl (C=O) groups excluding carboxylic acids is 1. The van der Waals surface area contributed by atoms with E-state index in [2.05, 4.69) is 30.9 Å². The number of aromatic nitrogens is 5. The van der Waals surface area contributed by atoms with Crippen LogP contribution in [0, 0.1) is 0 Å². The van der Waals surface area contributed by atoms with Gasteiger partial charge in [-0.1, -0.05) is 0 Å². The average Bonchev–Trinajstić information content (AvgIpc) is 3.25. The molecule has 7 heteroatoms. The zero-order valence-electron chi connectivity index (χ0n) is 17.5. The van der Waals surface area contributed by atoms with Crippen LogP contribution in [-0.2, 0) is 13.5 Å². The van der Waals surface area contributed by atoms with Crippen molar-refractivity contribution in [1.82, 2.24) is 24.5 Å². The molecule has 1 aliphatic heterocycles. The van der Waals surface area contributed by atoms with Crippen LogP contribution in [0.25, 0.3) is 22.2 Å². The van der Waals surface area contributed by atoms with E-state index in [9.17, 15) is 4.79 Å². The molecule has 31 heavy (non-hydrogen) atoms. The lowest BCUT2D eigenvalue weighted by atomic mass is 10.0. The number of imidazole rings is 1. The Balaban J connectivity index is 1.38. The molecule has 0 aromatic carbocycles. The second-order valence-electron chi connectivity index (χ2n) is 8.03. The number of nitrogens with zero attached hydrogens (tertiary/aromatic N) is 6. The summed E-state index contributed by atoms with van der Waals surface area (Å²) in [6.07, 6.45) is 12.7. The van der Waals surface area contributed by atoms with Crippen LogP contribution in [0.2, 0.25) is 0 Å². The summed E-state index contributed by atoms with van der Waals surface area (Å²) in [4.78, 5) is 32.9. The minimum Gasteiger partial charge on any atom is -0.357 e. The Kier molecular flexibility index (Phi) is 5.16. The summed E-state index contributed by atoms with van der Waals surface area (Å²) in [6, 6.07) is 7.72. The highest BCUT2D eigenvalue weighted by Crippen LogP contribution is 2.23. The van der Waals surface area contributed by atoms with Crippen molar-refractivity contribution in [3.63, 3.8) is 0 Å². The van der Waals surface area contributed by atoms with Gasteiger partial charge in [-0.05, 0) is 43.5 Å². The third-order valence-corrected chi connectivity index (χ3v) is 5.83. The number of Topliss-reactive ketones (excluding diaryl/α,β-unsaturated/α-hetero) is 1. The van der Waals surface area contributed by atoms with E-state index in [0.29, 0.717) is 5.56 Å². The molecular formula is C24H24N6O. The van der Waals surface area contributed by atoms with Crippen molar-refractivity contribution in [2.45, 2.75) is 25.7 Å². The highest BCUT2D eigenvalue weighted by atomic mass is 16.1. The SMILES string of the molecule is Cn1cncc1-c1cnc2cnc(CC(=O)c3ccnc(N4CCCCC4)c3)cc2c1. The number of piperidine rings is 1. The molecule has 4 aromatic heterocycles. The molecule has 0 N–H and O–H groups in total. The molecular weight excluding hydrogens is 388 g/mol. The molecule has 5 heterocycles.